The normalized spacial score (nSPS) is 19.8. The second-order valence-electron chi connectivity index (χ2n) is 5.84. The molecule has 0 fully saturated rings. The molecule has 0 bridgehead atoms. The molecule has 2 rings (SSSR count). The van der Waals surface area contributed by atoms with Crippen LogP contribution in [0.25, 0.3) is 0 Å². The Bertz CT molecular complexity index is 588. The van der Waals surface area contributed by atoms with Crippen LogP contribution < -0.4 is 0 Å². The molecule has 1 unspecified atom stereocenters. The van der Waals surface area contributed by atoms with E-state index in [9.17, 15) is 13.6 Å². The van der Waals surface area contributed by atoms with Gasteiger partial charge in [0.05, 0.1) is 0 Å². The lowest BCUT2D eigenvalue weighted by molar-refractivity contribution is -0.147. The van der Waals surface area contributed by atoms with Crippen LogP contribution in [0.15, 0.2) is 24.3 Å². The van der Waals surface area contributed by atoms with Crippen molar-refractivity contribution in [1.82, 2.24) is 0 Å². The van der Waals surface area contributed by atoms with E-state index >= 15 is 0 Å². The average molecular weight is 278 g/mol. The highest BCUT2D eigenvalue weighted by Crippen LogP contribution is 2.44. The van der Waals surface area contributed by atoms with E-state index in [-0.39, 0.29) is 6.42 Å². The van der Waals surface area contributed by atoms with Crippen molar-refractivity contribution in [1.29, 1.82) is 0 Å². The number of benzene rings is 1. The molecule has 4 heteroatoms. The second-order valence-corrected chi connectivity index (χ2v) is 5.84. The van der Waals surface area contributed by atoms with E-state index in [1.54, 1.807) is 45.0 Å². The third-order valence-electron chi connectivity index (χ3n) is 2.93. The molecule has 0 amide bonds. The number of hydrogen-bond donors (Lipinski definition) is 0. The summed E-state index contributed by atoms with van der Waals surface area (Å²) in [6, 6.07) is 6.71. The maximum atomic E-state index is 13.9. The summed E-state index contributed by atoms with van der Waals surface area (Å²) in [5.41, 5.74) is 0.400. The zero-order chi connectivity index (χ0) is 15.0. The van der Waals surface area contributed by atoms with Crippen molar-refractivity contribution in [3.8, 4) is 11.8 Å². The number of carbonyl (C=O) groups is 1. The molecule has 0 N–H and O–H groups in total. The van der Waals surface area contributed by atoms with Gasteiger partial charge in [0.15, 0.2) is 0 Å². The van der Waals surface area contributed by atoms with E-state index in [1.165, 1.54) is 0 Å². The first-order chi connectivity index (χ1) is 9.19. The molecule has 0 radical (unpaired) electrons. The van der Waals surface area contributed by atoms with Gasteiger partial charge in [-0.05, 0) is 31.9 Å². The van der Waals surface area contributed by atoms with E-state index in [4.69, 9.17) is 4.74 Å². The highest BCUT2D eigenvalue weighted by Gasteiger charge is 2.46. The molecular formula is C16H16F2O2. The van der Waals surface area contributed by atoms with Crippen molar-refractivity contribution in [3.63, 3.8) is 0 Å². The third-order valence-corrected chi connectivity index (χ3v) is 2.93. The molecule has 1 aromatic rings. The van der Waals surface area contributed by atoms with Crippen molar-refractivity contribution in [2.45, 2.75) is 44.6 Å². The summed E-state index contributed by atoms with van der Waals surface area (Å²) < 4.78 is 32.9. The summed E-state index contributed by atoms with van der Waals surface area (Å²) in [5.74, 6) is -0.408. The van der Waals surface area contributed by atoms with Crippen LogP contribution in [0.4, 0.5) is 8.78 Å². The Morgan fingerprint density at radius 3 is 2.65 bits per heavy atom. The van der Waals surface area contributed by atoms with Crippen LogP contribution in [0.5, 0.6) is 0 Å². The van der Waals surface area contributed by atoms with Crippen molar-refractivity contribution in [3.05, 3.63) is 35.4 Å². The Hall–Kier alpha value is -1.89. The molecule has 1 aliphatic carbocycles. The predicted molar refractivity (Wildman–Crippen MR) is 71.5 cm³/mol. The van der Waals surface area contributed by atoms with Gasteiger partial charge in [-0.2, -0.15) is 0 Å². The Labute approximate surface area is 117 Å². The summed E-state index contributed by atoms with van der Waals surface area (Å²) in [5, 5.41) is 0. The van der Waals surface area contributed by atoms with Crippen LogP contribution in [0.3, 0.4) is 0 Å². The first-order valence-corrected chi connectivity index (χ1v) is 6.39. The van der Waals surface area contributed by atoms with Crippen molar-refractivity contribution in [2.24, 2.45) is 0 Å². The molecule has 0 spiro atoms. The van der Waals surface area contributed by atoms with Crippen molar-refractivity contribution >= 4 is 5.97 Å². The van der Waals surface area contributed by atoms with Crippen LogP contribution in [-0.4, -0.2) is 17.5 Å². The molecule has 1 atom stereocenters. The van der Waals surface area contributed by atoms with Crippen molar-refractivity contribution in [2.75, 3.05) is 0 Å². The molecule has 1 aliphatic rings. The van der Waals surface area contributed by atoms with Gasteiger partial charge in [0.1, 0.15) is 11.5 Å². The number of alkyl halides is 2. The fourth-order valence-corrected chi connectivity index (χ4v) is 2.18. The Morgan fingerprint density at radius 1 is 1.35 bits per heavy atom. The molecular weight excluding hydrogens is 262 g/mol. The molecule has 1 aromatic carbocycles. The minimum atomic E-state index is -2.95. The lowest BCUT2D eigenvalue weighted by atomic mass is 10.00. The highest BCUT2D eigenvalue weighted by atomic mass is 19.3. The predicted octanol–water partition coefficient (Wildman–Crippen LogP) is 3.31. The SMILES string of the molecule is CC(C)(C)OC(=O)C#CC1c2ccccc2CC1(F)F. The molecule has 0 saturated heterocycles. The Kier molecular flexibility index (Phi) is 3.56. The zero-order valence-corrected chi connectivity index (χ0v) is 11.7. The van der Waals surface area contributed by atoms with Gasteiger partial charge in [0, 0.05) is 12.3 Å². The van der Waals surface area contributed by atoms with Crippen LogP contribution in [-0.2, 0) is 16.0 Å². The second kappa shape index (κ2) is 4.90. The van der Waals surface area contributed by atoms with E-state index in [1.807, 2.05) is 0 Å². The van der Waals surface area contributed by atoms with E-state index in [2.05, 4.69) is 11.8 Å². The molecule has 0 aromatic heterocycles. The van der Waals surface area contributed by atoms with Crippen LogP contribution in [0, 0.1) is 11.8 Å². The standard InChI is InChI=1S/C16H16F2O2/c1-15(2,3)20-14(19)9-8-13-12-7-5-4-6-11(12)10-16(13,17)18/h4-7,13H,10H2,1-3H3. The van der Waals surface area contributed by atoms with Crippen LogP contribution >= 0.6 is 0 Å². The minimum absolute atomic E-state index is 0.336. The zero-order valence-electron chi connectivity index (χ0n) is 11.7. The number of hydrogen-bond acceptors (Lipinski definition) is 2. The van der Waals surface area contributed by atoms with Gasteiger partial charge >= 0.3 is 5.97 Å². The summed E-state index contributed by atoms with van der Waals surface area (Å²) in [4.78, 5) is 11.5. The topological polar surface area (TPSA) is 26.3 Å². The van der Waals surface area contributed by atoms with Gasteiger partial charge in [-0.3, -0.25) is 0 Å². The van der Waals surface area contributed by atoms with Gasteiger partial charge in [-0.25, -0.2) is 13.6 Å². The maximum absolute atomic E-state index is 13.9. The summed E-state index contributed by atoms with van der Waals surface area (Å²) in [7, 11) is 0. The van der Waals surface area contributed by atoms with Gasteiger partial charge in [-0.1, -0.05) is 30.2 Å². The smallest absolute Gasteiger partial charge is 0.384 e. The number of fused-ring (bicyclic) bond motifs is 1. The maximum Gasteiger partial charge on any atom is 0.384 e. The Balaban J connectivity index is 2.23. The molecule has 106 valence electrons. The number of carbonyl (C=O) groups excluding carboxylic acids is 1. The number of halogens is 2. The van der Waals surface area contributed by atoms with Crippen molar-refractivity contribution < 1.29 is 18.3 Å². The molecule has 0 heterocycles. The van der Waals surface area contributed by atoms with Gasteiger partial charge in [0.25, 0.3) is 5.92 Å². The number of rotatable bonds is 0. The van der Waals surface area contributed by atoms with Crippen LogP contribution in [0.2, 0.25) is 0 Å². The minimum Gasteiger partial charge on any atom is -0.450 e. The quantitative estimate of drug-likeness (QED) is 0.413. The molecule has 20 heavy (non-hydrogen) atoms. The first kappa shape index (κ1) is 14.5. The van der Waals surface area contributed by atoms with E-state index in [0.29, 0.717) is 11.1 Å². The molecule has 0 saturated carbocycles. The fourth-order valence-electron chi connectivity index (χ4n) is 2.18. The lowest BCUT2D eigenvalue weighted by Gasteiger charge is -2.17. The van der Waals surface area contributed by atoms with E-state index < -0.39 is 23.4 Å². The third kappa shape index (κ3) is 3.16. The largest absolute Gasteiger partial charge is 0.450 e. The van der Waals surface area contributed by atoms with Gasteiger partial charge < -0.3 is 4.74 Å². The summed E-state index contributed by atoms with van der Waals surface area (Å²) in [6.45, 7) is 5.10. The monoisotopic (exact) mass is 278 g/mol. The summed E-state index contributed by atoms with van der Waals surface area (Å²) in [6.07, 6.45) is -0.336. The number of ether oxygens (including phenoxy) is 1. The average Bonchev–Trinajstić information content (AvgIpc) is 2.53. The van der Waals surface area contributed by atoms with Gasteiger partial charge in [-0.15, -0.1) is 0 Å². The lowest BCUT2D eigenvalue weighted by Crippen LogP contribution is -2.24. The molecule has 0 aliphatic heterocycles. The molecule has 2 nitrogen and oxygen atoms in total. The number of esters is 1. The summed E-state index contributed by atoms with van der Waals surface area (Å²) >= 11 is 0. The fraction of sp³-hybridized carbons (Fsp3) is 0.438. The highest BCUT2D eigenvalue weighted by molar-refractivity contribution is 5.89. The Morgan fingerprint density at radius 2 is 2.00 bits per heavy atom. The van der Waals surface area contributed by atoms with E-state index in [0.717, 1.165) is 0 Å². The first-order valence-electron chi connectivity index (χ1n) is 6.39. The van der Waals surface area contributed by atoms with Crippen LogP contribution in [0.1, 0.15) is 37.8 Å². The van der Waals surface area contributed by atoms with Gasteiger partial charge in [0.2, 0.25) is 0 Å².